The van der Waals surface area contributed by atoms with Crippen molar-refractivity contribution in [3.63, 3.8) is 0 Å². The van der Waals surface area contributed by atoms with Gasteiger partial charge in [-0.2, -0.15) is 0 Å². The van der Waals surface area contributed by atoms with Gasteiger partial charge in [0.25, 0.3) is 0 Å². The fraction of sp³-hybridized carbons (Fsp3) is 0.529. The lowest BCUT2D eigenvalue weighted by Crippen LogP contribution is -2.48. The fourth-order valence-corrected chi connectivity index (χ4v) is 2.41. The number of amides is 2. The second kappa shape index (κ2) is 9.07. The van der Waals surface area contributed by atoms with Gasteiger partial charge in [-0.3, -0.25) is 9.59 Å². The summed E-state index contributed by atoms with van der Waals surface area (Å²) in [5, 5.41) is 2.64. The molecule has 5 nitrogen and oxygen atoms in total. The van der Waals surface area contributed by atoms with Crippen molar-refractivity contribution in [2.75, 3.05) is 14.2 Å². The van der Waals surface area contributed by atoms with Crippen molar-refractivity contribution in [2.45, 2.75) is 45.7 Å². The molecule has 1 aromatic rings. The number of carbonyl (C=O) groups is 2. The molecule has 0 radical (unpaired) electrons. The van der Waals surface area contributed by atoms with Crippen LogP contribution in [-0.4, -0.2) is 36.9 Å². The number of benzene rings is 1. The van der Waals surface area contributed by atoms with Crippen molar-refractivity contribution >= 4 is 11.8 Å². The molecule has 1 aromatic carbocycles. The van der Waals surface area contributed by atoms with E-state index in [2.05, 4.69) is 5.32 Å². The van der Waals surface area contributed by atoms with Gasteiger partial charge in [-0.15, -0.1) is 0 Å². The molecular weight excluding hydrogens is 280 g/mol. The Morgan fingerprint density at radius 2 is 2.05 bits per heavy atom. The Morgan fingerprint density at radius 1 is 1.32 bits per heavy atom. The third-order valence-corrected chi connectivity index (χ3v) is 3.58. The van der Waals surface area contributed by atoms with Crippen LogP contribution in [0.3, 0.4) is 0 Å². The molecule has 0 aliphatic carbocycles. The van der Waals surface area contributed by atoms with E-state index in [1.807, 2.05) is 38.1 Å². The van der Waals surface area contributed by atoms with Gasteiger partial charge < -0.3 is 15.0 Å². The zero-order valence-corrected chi connectivity index (χ0v) is 13.9. The second-order valence-corrected chi connectivity index (χ2v) is 5.16. The largest absolute Gasteiger partial charge is 0.497 e. The zero-order chi connectivity index (χ0) is 16.5. The summed E-state index contributed by atoms with van der Waals surface area (Å²) in [4.78, 5) is 26.2. The number of rotatable bonds is 8. The maximum atomic E-state index is 12.4. The van der Waals surface area contributed by atoms with Crippen LogP contribution in [0.15, 0.2) is 24.3 Å². The highest BCUT2D eigenvalue weighted by Gasteiger charge is 2.27. The third kappa shape index (κ3) is 4.76. The number of hydrogen-bond acceptors (Lipinski definition) is 3. The Labute approximate surface area is 132 Å². The number of methoxy groups -OCH3 is 1. The molecule has 2 amide bonds. The van der Waals surface area contributed by atoms with Crippen molar-refractivity contribution < 1.29 is 14.3 Å². The van der Waals surface area contributed by atoms with Crippen molar-refractivity contribution in [1.82, 2.24) is 10.2 Å². The predicted octanol–water partition coefficient (Wildman–Crippen LogP) is 2.35. The van der Waals surface area contributed by atoms with Crippen molar-refractivity contribution in [3.8, 4) is 5.75 Å². The highest BCUT2D eigenvalue weighted by Crippen LogP contribution is 2.18. The van der Waals surface area contributed by atoms with Crippen LogP contribution in [0.1, 0.15) is 38.7 Å². The predicted molar refractivity (Wildman–Crippen MR) is 86.6 cm³/mol. The number of carbonyl (C=O) groups excluding carboxylic acids is 2. The summed E-state index contributed by atoms with van der Waals surface area (Å²) in [5.41, 5.74) is 0.950. The summed E-state index contributed by atoms with van der Waals surface area (Å²) < 4.78 is 5.22. The van der Waals surface area contributed by atoms with Crippen molar-refractivity contribution in [1.29, 1.82) is 0 Å². The molecule has 1 atom stereocenters. The minimum Gasteiger partial charge on any atom is -0.497 e. The molecule has 122 valence electrons. The molecule has 0 aliphatic heterocycles. The molecule has 0 saturated carbocycles. The van der Waals surface area contributed by atoms with Gasteiger partial charge >= 0.3 is 0 Å². The van der Waals surface area contributed by atoms with Crippen molar-refractivity contribution in [3.05, 3.63) is 29.8 Å². The van der Waals surface area contributed by atoms with Gasteiger partial charge in [-0.1, -0.05) is 26.0 Å². The SMILES string of the molecule is CCCC(=O)N(Cc1cccc(OC)c1)[C@@H](CC)C(=O)NC. The first-order valence-corrected chi connectivity index (χ1v) is 7.71. The monoisotopic (exact) mass is 306 g/mol. The molecule has 1 N–H and O–H groups in total. The molecule has 0 aromatic heterocycles. The van der Waals surface area contributed by atoms with Crippen LogP contribution in [0.4, 0.5) is 0 Å². The Morgan fingerprint density at radius 3 is 2.59 bits per heavy atom. The summed E-state index contributed by atoms with van der Waals surface area (Å²) in [5.74, 6) is 0.615. The summed E-state index contributed by atoms with van der Waals surface area (Å²) >= 11 is 0. The number of nitrogens with one attached hydrogen (secondary N) is 1. The molecule has 22 heavy (non-hydrogen) atoms. The van der Waals surface area contributed by atoms with Gasteiger partial charge in [0.1, 0.15) is 11.8 Å². The van der Waals surface area contributed by atoms with E-state index in [9.17, 15) is 9.59 Å². The highest BCUT2D eigenvalue weighted by molar-refractivity contribution is 5.87. The topological polar surface area (TPSA) is 58.6 Å². The second-order valence-electron chi connectivity index (χ2n) is 5.16. The van der Waals surface area contributed by atoms with Gasteiger partial charge in [0, 0.05) is 20.0 Å². The van der Waals surface area contributed by atoms with E-state index in [4.69, 9.17) is 4.74 Å². The lowest BCUT2D eigenvalue weighted by Gasteiger charge is -2.30. The van der Waals surface area contributed by atoms with E-state index in [1.165, 1.54) is 0 Å². The molecule has 0 aliphatic rings. The summed E-state index contributed by atoms with van der Waals surface area (Å²) in [6, 6.07) is 7.12. The van der Waals surface area contributed by atoms with Gasteiger partial charge in [-0.25, -0.2) is 0 Å². The summed E-state index contributed by atoms with van der Waals surface area (Å²) in [6.45, 7) is 4.28. The normalized spacial score (nSPS) is 11.6. The minimum absolute atomic E-state index is 0.000713. The van der Waals surface area contributed by atoms with E-state index in [0.29, 0.717) is 19.4 Å². The standard InChI is InChI=1S/C17H26N2O3/c1-5-8-16(20)19(15(6-2)17(21)18-3)12-13-9-7-10-14(11-13)22-4/h7,9-11,15H,5-6,8,12H2,1-4H3,(H,18,21)/t15-/m0/s1. The maximum Gasteiger partial charge on any atom is 0.242 e. The molecule has 0 fully saturated rings. The molecule has 0 heterocycles. The third-order valence-electron chi connectivity index (χ3n) is 3.58. The van der Waals surface area contributed by atoms with Crippen LogP contribution >= 0.6 is 0 Å². The smallest absolute Gasteiger partial charge is 0.242 e. The van der Waals surface area contributed by atoms with Crippen LogP contribution in [0, 0.1) is 0 Å². The average Bonchev–Trinajstić information content (AvgIpc) is 2.54. The van der Waals surface area contributed by atoms with E-state index in [0.717, 1.165) is 17.7 Å². The fourth-order valence-electron chi connectivity index (χ4n) is 2.41. The van der Waals surface area contributed by atoms with Crippen LogP contribution in [-0.2, 0) is 16.1 Å². The van der Waals surface area contributed by atoms with E-state index >= 15 is 0 Å². The maximum absolute atomic E-state index is 12.4. The van der Waals surface area contributed by atoms with Crippen LogP contribution in [0.2, 0.25) is 0 Å². The highest BCUT2D eigenvalue weighted by atomic mass is 16.5. The first-order valence-electron chi connectivity index (χ1n) is 7.71. The van der Waals surface area contributed by atoms with E-state index in [1.54, 1.807) is 19.1 Å². The van der Waals surface area contributed by atoms with Crippen molar-refractivity contribution in [2.24, 2.45) is 0 Å². The molecule has 0 saturated heterocycles. The lowest BCUT2D eigenvalue weighted by atomic mass is 10.1. The summed E-state index contributed by atoms with van der Waals surface area (Å²) in [7, 11) is 3.21. The molecule has 0 unspecified atom stereocenters. The van der Waals surface area contributed by atoms with Gasteiger partial charge in [0.15, 0.2) is 0 Å². The molecule has 1 rings (SSSR count). The van der Waals surface area contributed by atoms with Gasteiger partial charge in [-0.05, 0) is 30.5 Å². The Kier molecular flexibility index (Phi) is 7.43. The molecular formula is C17H26N2O3. The lowest BCUT2D eigenvalue weighted by molar-refractivity contribution is -0.141. The summed E-state index contributed by atoms with van der Waals surface area (Å²) in [6.07, 6.45) is 1.79. The Hall–Kier alpha value is -2.04. The van der Waals surface area contributed by atoms with Crippen LogP contribution in [0.25, 0.3) is 0 Å². The minimum atomic E-state index is -0.449. The van der Waals surface area contributed by atoms with Gasteiger partial charge in [0.05, 0.1) is 7.11 Å². The number of nitrogens with zero attached hydrogens (tertiary/aromatic N) is 1. The van der Waals surface area contributed by atoms with E-state index in [-0.39, 0.29) is 11.8 Å². The van der Waals surface area contributed by atoms with Crippen LogP contribution < -0.4 is 10.1 Å². The van der Waals surface area contributed by atoms with Crippen LogP contribution in [0.5, 0.6) is 5.75 Å². The molecule has 0 bridgehead atoms. The Balaban J connectivity index is 3.03. The van der Waals surface area contributed by atoms with E-state index < -0.39 is 6.04 Å². The Bertz CT molecular complexity index is 502. The first-order chi connectivity index (χ1) is 10.6. The van der Waals surface area contributed by atoms with Gasteiger partial charge in [0.2, 0.25) is 11.8 Å². The quantitative estimate of drug-likeness (QED) is 0.802. The molecule has 5 heteroatoms. The first kappa shape index (κ1) is 18.0. The molecule has 0 spiro atoms. The number of likely N-dealkylation sites (N-methyl/N-ethyl adjacent to an activating group) is 1. The zero-order valence-electron chi connectivity index (χ0n) is 13.9. The average molecular weight is 306 g/mol. The number of ether oxygens (including phenoxy) is 1. The number of hydrogen-bond donors (Lipinski definition) is 1.